The molecule has 0 spiro atoms. The van der Waals surface area contributed by atoms with E-state index in [1.165, 1.54) is 12.1 Å². The van der Waals surface area contributed by atoms with Gasteiger partial charge in [0.15, 0.2) is 5.82 Å². The second-order valence-electron chi connectivity index (χ2n) is 5.96. The summed E-state index contributed by atoms with van der Waals surface area (Å²) in [6.45, 7) is 3.84. The van der Waals surface area contributed by atoms with E-state index in [0.29, 0.717) is 30.4 Å². The number of hydrogen-bond acceptors (Lipinski definition) is 7. The predicted molar refractivity (Wildman–Crippen MR) is 87.3 cm³/mol. The minimum Gasteiger partial charge on any atom is -0.337 e. The van der Waals surface area contributed by atoms with E-state index in [1.54, 1.807) is 23.7 Å². The first-order chi connectivity index (χ1) is 12.1. The molecule has 9 heteroatoms. The fraction of sp³-hybridized carbons (Fsp3) is 0.438. The van der Waals surface area contributed by atoms with E-state index < -0.39 is 0 Å². The summed E-state index contributed by atoms with van der Waals surface area (Å²) < 4.78 is 20.3. The minimum absolute atomic E-state index is 0.232. The fourth-order valence-electron chi connectivity index (χ4n) is 2.51. The molecule has 2 heterocycles. The van der Waals surface area contributed by atoms with Crippen molar-refractivity contribution in [1.29, 1.82) is 0 Å². The van der Waals surface area contributed by atoms with E-state index in [-0.39, 0.29) is 17.9 Å². The highest BCUT2D eigenvalue weighted by Gasteiger charge is 2.25. The molecule has 0 saturated heterocycles. The Morgan fingerprint density at radius 1 is 1.24 bits per heavy atom. The summed E-state index contributed by atoms with van der Waals surface area (Å²) in [5.41, 5.74) is 0.921. The van der Waals surface area contributed by atoms with Crippen molar-refractivity contribution in [3.8, 4) is 0 Å². The van der Waals surface area contributed by atoms with Crippen LogP contribution in [0.1, 0.15) is 36.1 Å². The van der Waals surface area contributed by atoms with Crippen LogP contribution in [0.3, 0.4) is 0 Å². The lowest BCUT2D eigenvalue weighted by atomic mass is 10.1. The number of likely N-dealkylation sites (N-methyl/N-ethyl adjacent to an activating group) is 1. The smallest absolute Gasteiger partial charge is 0.251 e. The van der Waals surface area contributed by atoms with E-state index in [9.17, 15) is 4.39 Å². The Kier molecular flexibility index (Phi) is 5.13. The molecule has 2 atom stereocenters. The van der Waals surface area contributed by atoms with Crippen molar-refractivity contribution in [1.82, 2.24) is 35.7 Å². The normalized spacial score (nSPS) is 13.8. The molecule has 0 aliphatic carbocycles. The van der Waals surface area contributed by atoms with E-state index in [0.717, 1.165) is 5.56 Å². The molecule has 3 rings (SSSR count). The summed E-state index contributed by atoms with van der Waals surface area (Å²) in [7, 11) is 1.88. The highest BCUT2D eigenvalue weighted by Crippen LogP contribution is 2.22. The van der Waals surface area contributed by atoms with Gasteiger partial charge in [0.1, 0.15) is 17.7 Å². The average Bonchev–Trinajstić information content (AvgIpc) is 3.23. The highest BCUT2D eigenvalue weighted by molar-refractivity contribution is 5.18. The average molecular weight is 345 g/mol. The molecule has 3 aromatic rings. The number of halogens is 1. The van der Waals surface area contributed by atoms with Gasteiger partial charge in [-0.2, -0.15) is 4.98 Å². The Labute approximate surface area is 144 Å². The van der Waals surface area contributed by atoms with Crippen molar-refractivity contribution in [2.24, 2.45) is 0 Å². The molecule has 0 amide bonds. The minimum atomic E-state index is -0.355. The second kappa shape index (κ2) is 7.47. The summed E-state index contributed by atoms with van der Waals surface area (Å²) in [5.74, 6) is 1.40. The van der Waals surface area contributed by atoms with Crippen LogP contribution in [0, 0.1) is 12.7 Å². The van der Waals surface area contributed by atoms with Crippen molar-refractivity contribution in [3.05, 3.63) is 53.2 Å². The van der Waals surface area contributed by atoms with Gasteiger partial charge in [0.25, 0.3) is 5.89 Å². The molecule has 2 unspecified atom stereocenters. The third-order valence-electron chi connectivity index (χ3n) is 4.05. The first-order valence-corrected chi connectivity index (χ1v) is 8.05. The molecule has 0 aliphatic rings. The zero-order valence-electron chi connectivity index (χ0n) is 14.3. The van der Waals surface area contributed by atoms with E-state index in [2.05, 4.69) is 31.0 Å². The number of aromatic nitrogens is 6. The molecule has 2 aromatic heterocycles. The number of benzene rings is 1. The van der Waals surface area contributed by atoms with Gasteiger partial charge in [0.2, 0.25) is 0 Å². The topological polar surface area (TPSA) is 94.6 Å². The highest BCUT2D eigenvalue weighted by atomic mass is 19.1. The lowest BCUT2D eigenvalue weighted by Crippen LogP contribution is -2.24. The first-order valence-electron chi connectivity index (χ1n) is 8.05. The number of hydrogen-bond donors (Lipinski definition) is 1. The molecule has 0 radical (unpaired) electrons. The SMILES string of the molecule is CNC(C)Cc1noc(C(Cc2ccc(F)cc2)n2nnnc2C)n1. The van der Waals surface area contributed by atoms with Crippen LogP contribution in [-0.4, -0.2) is 43.4 Å². The first kappa shape index (κ1) is 17.2. The van der Waals surface area contributed by atoms with Crippen molar-refractivity contribution < 1.29 is 8.91 Å². The Morgan fingerprint density at radius 3 is 2.64 bits per heavy atom. The van der Waals surface area contributed by atoms with Gasteiger partial charge in [-0.05, 0) is 49.0 Å². The molecule has 1 aromatic carbocycles. The quantitative estimate of drug-likeness (QED) is 0.693. The lowest BCUT2D eigenvalue weighted by molar-refractivity contribution is 0.316. The number of nitrogens with zero attached hydrogens (tertiary/aromatic N) is 6. The number of rotatable bonds is 7. The molecule has 0 aliphatic heterocycles. The third kappa shape index (κ3) is 4.05. The zero-order valence-corrected chi connectivity index (χ0v) is 14.3. The summed E-state index contributed by atoms with van der Waals surface area (Å²) in [6, 6.07) is 6.17. The standard InChI is InChI=1S/C16H20FN7O/c1-10(18-3)8-15-19-16(25-21-15)14(24-11(2)20-22-23-24)9-12-4-6-13(17)7-5-12/h4-7,10,14,18H,8-9H2,1-3H3. The Bertz CT molecular complexity index is 814. The van der Waals surface area contributed by atoms with Gasteiger partial charge >= 0.3 is 0 Å². The van der Waals surface area contributed by atoms with Crippen LogP contribution < -0.4 is 5.32 Å². The molecule has 0 saturated carbocycles. The summed E-state index contributed by atoms with van der Waals surface area (Å²) >= 11 is 0. The van der Waals surface area contributed by atoms with Gasteiger partial charge in [-0.25, -0.2) is 9.07 Å². The Balaban J connectivity index is 1.89. The Morgan fingerprint density at radius 2 is 2.00 bits per heavy atom. The maximum absolute atomic E-state index is 13.2. The van der Waals surface area contributed by atoms with Crippen LogP contribution in [0.5, 0.6) is 0 Å². The maximum atomic E-state index is 13.2. The van der Waals surface area contributed by atoms with Gasteiger partial charge in [0, 0.05) is 18.9 Å². The third-order valence-corrected chi connectivity index (χ3v) is 4.05. The molecular formula is C16H20FN7O. The number of tetrazole rings is 1. The van der Waals surface area contributed by atoms with Crippen molar-refractivity contribution >= 4 is 0 Å². The Hall–Kier alpha value is -2.68. The van der Waals surface area contributed by atoms with Crippen LogP contribution in [0.15, 0.2) is 28.8 Å². The maximum Gasteiger partial charge on any atom is 0.251 e. The van der Waals surface area contributed by atoms with E-state index in [4.69, 9.17) is 4.52 Å². The largest absolute Gasteiger partial charge is 0.337 e. The monoisotopic (exact) mass is 345 g/mol. The summed E-state index contributed by atoms with van der Waals surface area (Å²) in [5, 5.41) is 18.8. The van der Waals surface area contributed by atoms with Crippen LogP contribution in [-0.2, 0) is 12.8 Å². The van der Waals surface area contributed by atoms with Crippen LogP contribution >= 0.6 is 0 Å². The van der Waals surface area contributed by atoms with Gasteiger partial charge < -0.3 is 9.84 Å². The second-order valence-corrected chi connectivity index (χ2v) is 5.96. The van der Waals surface area contributed by atoms with Gasteiger partial charge in [-0.3, -0.25) is 0 Å². The summed E-state index contributed by atoms with van der Waals surface area (Å²) in [6.07, 6.45) is 1.16. The predicted octanol–water partition coefficient (Wildman–Crippen LogP) is 1.49. The molecule has 0 bridgehead atoms. The number of aryl methyl sites for hydroxylation is 1. The van der Waals surface area contributed by atoms with Crippen LogP contribution in [0.4, 0.5) is 4.39 Å². The molecule has 25 heavy (non-hydrogen) atoms. The molecule has 132 valence electrons. The van der Waals surface area contributed by atoms with Crippen molar-refractivity contribution in [2.75, 3.05) is 7.05 Å². The van der Waals surface area contributed by atoms with Crippen LogP contribution in [0.25, 0.3) is 0 Å². The van der Waals surface area contributed by atoms with Crippen molar-refractivity contribution in [3.63, 3.8) is 0 Å². The van der Waals surface area contributed by atoms with Crippen LogP contribution in [0.2, 0.25) is 0 Å². The zero-order chi connectivity index (χ0) is 17.8. The van der Waals surface area contributed by atoms with Gasteiger partial charge in [-0.15, -0.1) is 5.10 Å². The number of nitrogens with one attached hydrogen (secondary N) is 1. The van der Waals surface area contributed by atoms with Gasteiger partial charge in [-0.1, -0.05) is 17.3 Å². The van der Waals surface area contributed by atoms with E-state index in [1.807, 2.05) is 14.0 Å². The molecular weight excluding hydrogens is 325 g/mol. The summed E-state index contributed by atoms with van der Waals surface area (Å²) in [4.78, 5) is 4.50. The van der Waals surface area contributed by atoms with E-state index >= 15 is 0 Å². The molecule has 0 fully saturated rings. The van der Waals surface area contributed by atoms with Crippen molar-refractivity contribution in [2.45, 2.75) is 38.8 Å². The molecule has 8 nitrogen and oxygen atoms in total. The molecule has 1 N–H and O–H groups in total. The fourth-order valence-corrected chi connectivity index (χ4v) is 2.51. The van der Waals surface area contributed by atoms with Gasteiger partial charge in [0.05, 0.1) is 0 Å². The lowest BCUT2D eigenvalue weighted by Gasteiger charge is -2.13.